The molecule has 0 fully saturated rings. The smallest absolute Gasteiger partial charge is 0.0887 e. The minimum absolute atomic E-state index is 0.256. The highest BCUT2D eigenvalue weighted by molar-refractivity contribution is 9.11. The van der Waals surface area contributed by atoms with Gasteiger partial charge in [-0.05, 0) is 45.9 Å². The van der Waals surface area contributed by atoms with Crippen molar-refractivity contribution < 1.29 is 0 Å². The molecule has 0 N–H and O–H groups in total. The predicted molar refractivity (Wildman–Crippen MR) is 76.9 cm³/mol. The summed E-state index contributed by atoms with van der Waals surface area (Å²) in [5, 5.41) is 2.90. The Morgan fingerprint density at radius 2 is 2.20 bits per heavy atom. The molecule has 0 aliphatic heterocycles. The average molecular weight is 387 g/mol. The summed E-state index contributed by atoms with van der Waals surface area (Å²) in [6.07, 6.45) is 0. The number of hydrogen-bond donors (Lipinski definition) is 0. The second kappa shape index (κ2) is 4.88. The van der Waals surface area contributed by atoms with Crippen LogP contribution in [0.15, 0.2) is 21.3 Å². The maximum atomic E-state index is 6.02. The molecule has 0 bridgehead atoms. The molecule has 0 saturated carbocycles. The molecule has 1 atom stereocenters. The Kier molecular flexibility index (Phi) is 3.94. The Bertz CT molecular complexity index is 456. The van der Waals surface area contributed by atoms with E-state index in [4.69, 9.17) is 11.6 Å². The molecule has 5 heteroatoms. The van der Waals surface area contributed by atoms with Crippen LogP contribution in [0.4, 0.5) is 0 Å². The van der Waals surface area contributed by atoms with Crippen molar-refractivity contribution in [3.8, 4) is 0 Å². The van der Waals surface area contributed by atoms with E-state index in [2.05, 4.69) is 50.2 Å². The molecule has 2 aromatic rings. The van der Waals surface area contributed by atoms with Gasteiger partial charge in [-0.25, -0.2) is 0 Å². The fourth-order valence-electron chi connectivity index (χ4n) is 1.26. The zero-order chi connectivity index (χ0) is 11.0. The number of rotatable bonds is 2. The lowest BCUT2D eigenvalue weighted by Gasteiger charge is -2.05. The molecule has 2 heterocycles. The van der Waals surface area contributed by atoms with Crippen molar-refractivity contribution in [2.75, 3.05) is 0 Å². The lowest BCUT2D eigenvalue weighted by Crippen LogP contribution is -1.87. The van der Waals surface area contributed by atoms with Crippen molar-refractivity contribution in [2.45, 2.75) is 11.8 Å². The Balaban J connectivity index is 2.36. The second-order valence-corrected chi connectivity index (χ2v) is 7.77. The van der Waals surface area contributed by atoms with Gasteiger partial charge in [-0.15, -0.1) is 22.7 Å². The highest BCUT2D eigenvalue weighted by Gasteiger charge is 2.17. The molecule has 15 heavy (non-hydrogen) atoms. The van der Waals surface area contributed by atoms with E-state index >= 15 is 0 Å². The summed E-state index contributed by atoms with van der Waals surface area (Å²) < 4.78 is 0.998. The normalized spacial score (nSPS) is 13.1. The number of thiophene rings is 2. The van der Waals surface area contributed by atoms with Crippen LogP contribution < -0.4 is 0 Å². The third-order valence-corrected chi connectivity index (χ3v) is 7.23. The SMILES string of the molecule is Cc1ccsc1C(Br)c1cc(Cl)c(Br)s1. The quantitative estimate of drug-likeness (QED) is 0.554. The van der Waals surface area contributed by atoms with Crippen LogP contribution in [-0.4, -0.2) is 0 Å². The molecule has 0 aromatic carbocycles. The third-order valence-electron chi connectivity index (χ3n) is 2.05. The van der Waals surface area contributed by atoms with E-state index < -0.39 is 0 Å². The molecule has 0 amide bonds. The zero-order valence-corrected chi connectivity index (χ0v) is 13.3. The van der Waals surface area contributed by atoms with Crippen molar-refractivity contribution in [3.05, 3.63) is 41.6 Å². The molecule has 0 aliphatic rings. The van der Waals surface area contributed by atoms with Crippen LogP contribution in [0.2, 0.25) is 5.02 Å². The van der Waals surface area contributed by atoms with Crippen molar-refractivity contribution >= 4 is 66.1 Å². The summed E-state index contributed by atoms with van der Waals surface area (Å²) in [6.45, 7) is 2.13. The fourth-order valence-corrected chi connectivity index (χ4v) is 5.09. The first-order valence-corrected chi connectivity index (χ1v) is 8.00. The fraction of sp³-hybridized carbons (Fsp3) is 0.200. The van der Waals surface area contributed by atoms with Crippen LogP contribution in [0.3, 0.4) is 0 Å². The van der Waals surface area contributed by atoms with Crippen LogP contribution in [0.5, 0.6) is 0 Å². The highest BCUT2D eigenvalue weighted by Crippen LogP contribution is 2.43. The predicted octanol–water partition coefficient (Wildman–Crippen LogP) is 6.02. The minimum Gasteiger partial charge on any atom is -0.147 e. The zero-order valence-electron chi connectivity index (χ0n) is 7.76. The van der Waals surface area contributed by atoms with E-state index in [1.54, 1.807) is 22.7 Å². The van der Waals surface area contributed by atoms with Gasteiger partial charge in [-0.2, -0.15) is 0 Å². The summed E-state index contributed by atoms with van der Waals surface area (Å²) in [5.41, 5.74) is 1.32. The number of hydrogen-bond acceptors (Lipinski definition) is 2. The summed E-state index contributed by atoms with van der Waals surface area (Å²) >= 11 is 16.6. The Morgan fingerprint density at radius 1 is 1.47 bits per heavy atom. The van der Waals surface area contributed by atoms with Gasteiger partial charge in [0.25, 0.3) is 0 Å². The molecule has 1 unspecified atom stereocenters. The topological polar surface area (TPSA) is 0 Å². The number of alkyl halides is 1. The monoisotopic (exact) mass is 384 g/mol. The van der Waals surface area contributed by atoms with E-state index in [1.807, 2.05) is 6.07 Å². The van der Waals surface area contributed by atoms with E-state index in [0.29, 0.717) is 0 Å². The lowest BCUT2D eigenvalue weighted by molar-refractivity contribution is 1.24. The summed E-state index contributed by atoms with van der Waals surface area (Å²) in [5.74, 6) is 0. The molecule has 0 spiro atoms. The van der Waals surface area contributed by atoms with Gasteiger partial charge >= 0.3 is 0 Å². The van der Waals surface area contributed by atoms with Gasteiger partial charge in [0, 0.05) is 9.75 Å². The van der Waals surface area contributed by atoms with E-state index in [-0.39, 0.29) is 4.83 Å². The first kappa shape index (κ1) is 12.1. The van der Waals surface area contributed by atoms with Crippen molar-refractivity contribution in [3.63, 3.8) is 0 Å². The third kappa shape index (κ3) is 2.50. The summed E-state index contributed by atoms with van der Waals surface area (Å²) in [6, 6.07) is 4.15. The molecule has 80 valence electrons. The van der Waals surface area contributed by atoms with Crippen molar-refractivity contribution in [1.82, 2.24) is 0 Å². The number of halogens is 3. The van der Waals surface area contributed by atoms with Crippen LogP contribution in [0.1, 0.15) is 20.1 Å². The number of aryl methyl sites for hydroxylation is 1. The minimum atomic E-state index is 0.256. The van der Waals surface area contributed by atoms with Crippen LogP contribution in [-0.2, 0) is 0 Å². The van der Waals surface area contributed by atoms with E-state index in [0.717, 1.165) is 8.81 Å². The molecule has 2 aromatic heterocycles. The van der Waals surface area contributed by atoms with E-state index in [1.165, 1.54) is 15.3 Å². The summed E-state index contributed by atoms with van der Waals surface area (Å²) in [4.78, 5) is 2.84. The largest absolute Gasteiger partial charge is 0.147 e. The standard InChI is InChI=1S/C10H7Br2ClS2/c1-5-2-3-14-9(5)8(11)7-4-6(13)10(12)15-7/h2-4,8H,1H3. The van der Waals surface area contributed by atoms with Crippen molar-refractivity contribution in [1.29, 1.82) is 0 Å². The molecule has 0 radical (unpaired) electrons. The van der Waals surface area contributed by atoms with Gasteiger partial charge in [0.2, 0.25) is 0 Å². The first-order valence-electron chi connectivity index (χ1n) is 4.22. The first-order chi connectivity index (χ1) is 7.09. The van der Waals surface area contributed by atoms with Crippen LogP contribution in [0, 0.1) is 6.92 Å². The molecule has 0 saturated heterocycles. The molecular weight excluding hydrogens is 380 g/mol. The van der Waals surface area contributed by atoms with E-state index in [9.17, 15) is 0 Å². The highest BCUT2D eigenvalue weighted by atomic mass is 79.9. The van der Waals surface area contributed by atoms with Gasteiger partial charge < -0.3 is 0 Å². The van der Waals surface area contributed by atoms with Crippen LogP contribution in [0.25, 0.3) is 0 Å². The Morgan fingerprint density at radius 3 is 2.67 bits per heavy atom. The van der Waals surface area contributed by atoms with Crippen molar-refractivity contribution in [2.24, 2.45) is 0 Å². The maximum absolute atomic E-state index is 6.02. The Hall–Kier alpha value is 0.650. The average Bonchev–Trinajstić information content (AvgIpc) is 2.74. The lowest BCUT2D eigenvalue weighted by atomic mass is 10.2. The maximum Gasteiger partial charge on any atom is 0.0887 e. The summed E-state index contributed by atoms with van der Waals surface area (Å²) in [7, 11) is 0. The van der Waals surface area contributed by atoms with Crippen LogP contribution >= 0.6 is 66.1 Å². The van der Waals surface area contributed by atoms with Gasteiger partial charge in [0.15, 0.2) is 0 Å². The Labute approximate surface area is 119 Å². The molecule has 0 nitrogen and oxygen atoms in total. The second-order valence-electron chi connectivity index (χ2n) is 3.10. The van der Waals surface area contributed by atoms with Gasteiger partial charge in [0.1, 0.15) is 0 Å². The van der Waals surface area contributed by atoms with Gasteiger partial charge in [0.05, 0.1) is 13.6 Å². The molecule has 2 rings (SSSR count). The van der Waals surface area contributed by atoms with Gasteiger partial charge in [-0.1, -0.05) is 27.5 Å². The molecule has 0 aliphatic carbocycles. The van der Waals surface area contributed by atoms with Gasteiger partial charge in [-0.3, -0.25) is 0 Å². The molecular formula is C10H7Br2ClS2.